The molecule has 3 aromatic rings. The fourth-order valence-electron chi connectivity index (χ4n) is 3.29. The van der Waals surface area contributed by atoms with Gasteiger partial charge in [0, 0.05) is 21.7 Å². The summed E-state index contributed by atoms with van der Waals surface area (Å²) in [6.07, 6.45) is 0. The van der Waals surface area contributed by atoms with Crippen molar-refractivity contribution in [1.82, 2.24) is 19.9 Å². The van der Waals surface area contributed by atoms with E-state index in [2.05, 4.69) is 23.8 Å². The van der Waals surface area contributed by atoms with Crippen LogP contribution in [0.4, 0.5) is 0 Å². The van der Waals surface area contributed by atoms with E-state index in [9.17, 15) is 0 Å². The van der Waals surface area contributed by atoms with Gasteiger partial charge in [-0.15, -0.1) is 11.3 Å². The first kappa shape index (κ1) is 18.7. The lowest BCUT2D eigenvalue weighted by molar-refractivity contribution is -0.922. The van der Waals surface area contributed by atoms with Crippen LogP contribution in [0.15, 0.2) is 16.2 Å². The second kappa shape index (κ2) is 7.79. The van der Waals surface area contributed by atoms with Crippen LogP contribution in [-0.4, -0.2) is 46.2 Å². The second-order valence-electron chi connectivity index (χ2n) is 6.98. The minimum atomic E-state index is 0.750. The Morgan fingerprint density at radius 1 is 1.04 bits per heavy atom. The number of aryl methyl sites for hydroxylation is 4. The summed E-state index contributed by atoms with van der Waals surface area (Å²) in [4.78, 5) is 22.8. The molecule has 8 heteroatoms. The SMILES string of the molecule is Cc1cc(C)nc(Sc2nc(C[NH+]3CCOCC3)nc3sc(C)c(C)c23)n1. The van der Waals surface area contributed by atoms with Gasteiger partial charge in [-0.2, -0.15) is 0 Å². The number of hydrogen-bond acceptors (Lipinski definition) is 7. The zero-order valence-electron chi connectivity index (χ0n) is 16.1. The van der Waals surface area contributed by atoms with Crippen LogP contribution in [0.5, 0.6) is 0 Å². The average Bonchev–Trinajstić information content (AvgIpc) is 2.89. The van der Waals surface area contributed by atoms with Crippen LogP contribution in [0.2, 0.25) is 0 Å². The molecular formula is C19H24N5OS2+. The molecule has 27 heavy (non-hydrogen) atoms. The number of hydrogen-bond donors (Lipinski definition) is 1. The van der Waals surface area contributed by atoms with E-state index in [4.69, 9.17) is 14.7 Å². The highest BCUT2D eigenvalue weighted by Gasteiger charge is 2.20. The van der Waals surface area contributed by atoms with E-state index in [0.717, 1.165) is 70.5 Å². The third-order valence-electron chi connectivity index (χ3n) is 4.80. The average molecular weight is 403 g/mol. The Bertz CT molecular complexity index is 962. The molecule has 0 atom stereocenters. The molecule has 4 heterocycles. The lowest BCUT2D eigenvalue weighted by atomic mass is 10.2. The van der Waals surface area contributed by atoms with Crippen molar-refractivity contribution in [3.63, 3.8) is 0 Å². The molecule has 1 N–H and O–H groups in total. The summed E-state index contributed by atoms with van der Waals surface area (Å²) in [6.45, 7) is 12.8. The molecule has 1 aliphatic rings. The van der Waals surface area contributed by atoms with Crippen molar-refractivity contribution in [3.8, 4) is 0 Å². The molecule has 0 saturated carbocycles. The minimum absolute atomic E-state index is 0.750. The summed E-state index contributed by atoms with van der Waals surface area (Å²) in [7, 11) is 0. The van der Waals surface area contributed by atoms with Crippen LogP contribution in [0.25, 0.3) is 10.2 Å². The first-order chi connectivity index (χ1) is 13.0. The molecule has 0 aromatic carbocycles. The molecule has 3 aromatic heterocycles. The standard InChI is InChI=1S/C19H23N5OS2/c1-11-9-12(2)21-19(20-11)27-18-16-13(3)14(4)26-17(16)22-15(23-18)10-24-5-7-25-8-6-24/h9H,5-8,10H2,1-4H3/p+1. The van der Waals surface area contributed by atoms with E-state index < -0.39 is 0 Å². The normalized spacial score (nSPS) is 15.6. The molecule has 142 valence electrons. The van der Waals surface area contributed by atoms with E-state index in [0.29, 0.717) is 0 Å². The molecule has 0 bridgehead atoms. The van der Waals surface area contributed by atoms with Gasteiger partial charge in [-0.25, -0.2) is 19.9 Å². The summed E-state index contributed by atoms with van der Waals surface area (Å²) in [6, 6.07) is 1.99. The Labute approximate surface area is 167 Å². The zero-order valence-corrected chi connectivity index (χ0v) is 17.8. The van der Waals surface area contributed by atoms with Crippen molar-refractivity contribution in [2.24, 2.45) is 0 Å². The smallest absolute Gasteiger partial charge is 0.194 e. The van der Waals surface area contributed by atoms with E-state index in [1.807, 2.05) is 19.9 Å². The lowest BCUT2D eigenvalue weighted by Crippen LogP contribution is -3.12. The number of nitrogens with zero attached hydrogens (tertiary/aromatic N) is 4. The number of fused-ring (bicyclic) bond motifs is 1. The number of morpholine rings is 1. The van der Waals surface area contributed by atoms with Gasteiger partial charge in [0.1, 0.15) is 29.5 Å². The predicted octanol–water partition coefficient (Wildman–Crippen LogP) is 2.28. The summed E-state index contributed by atoms with van der Waals surface area (Å²) < 4.78 is 5.47. The van der Waals surface area contributed by atoms with E-state index in [1.54, 1.807) is 23.1 Å². The van der Waals surface area contributed by atoms with Crippen molar-refractivity contribution in [2.75, 3.05) is 26.3 Å². The molecule has 0 amide bonds. The number of rotatable bonds is 4. The third-order valence-corrected chi connectivity index (χ3v) is 6.75. The fraction of sp³-hybridized carbons (Fsp3) is 0.474. The van der Waals surface area contributed by atoms with Crippen LogP contribution >= 0.6 is 23.1 Å². The maximum atomic E-state index is 5.47. The molecule has 0 spiro atoms. The van der Waals surface area contributed by atoms with Gasteiger partial charge in [-0.05, 0) is 51.1 Å². The largest absolute Gasteiger partial charge is 0.370 e. The molecule has 1 saturated heterocycles. The van der Waals surface area contributed by atoms with Gasteiger partial charge >= 0.3 is 0 Å². The van der Waals surface area contributed by atoms with Crippen LogP contribution in [0, 0.1) is 27.7 Å². The van der Waals surface area contributed by atoms with Crippen LogP contribution in [0.1, 0.15) is 27.7 Å². The van der Waals surface area contributed by atoms with Gasteiger partial charge in [0.05, 0.1) is 13.2 Å². The Balaban J connectivity index is 1.74. The predicted molar refractivity (Wildman–Crippen MR) is 108 cm³/mol. The van der Waals surface area contributed by atoms with Gasteiger partial charge < -0.3 is 9.64 Å². The molecule has 1 fully saturated rings. The number of nitrogens with one attached hydrogen (secondary N) is 1. The molecule has 0 aliphatic carbocycles. The molecular weight excluding hydrogens is 378 g/mol. The van der Waals surface area contributed by atoms with Gasteiger partial charge in [0.25, 0.3) is 0 Å². The van der Waals surface area contributed by atoms with Crippen LogP contribution in [-0.2, 0) is 11.3 Å². The summed E-state index contributed by atoms with van der Waals surface area (Å²) in [5, 5.41) is 2.86. The van der Waals surface area contributed by atoms with Crippen molar-refractivity contribution in [2.45, 2.75) is 44.4 Å². The van der Waals surface area contributed by atoms with Crippen molar-refractivity contribution in [1.29, 1.82) is 0 Å². The summed E-state index contributed by atoms with van der Waals surface area (Å²) in [5.41, 5.74) is 3.21. The molecule has 6 nitrogen and oxygen atoms in total. The second-order valence-corrected chi connectivity index (χ2v) is 9.14. The highest BCUT2D eigenvalue weighted by molar-refractivity contribution is 7.99. The summed E-state index contributed by atoms with van der Waals surface area (Å²) in [5.74, 6) is 0.896. The highest BCUT2D eigenvalue weighted by atomic mass is 32.2. The maximum absolute atomic E-state index is 5.47. The van der Waals surface area contributed by atoms with Crippen molar-refractivity contribution >= 4 is 33.3 Å². The Kier molecular flexibility index (Phi) is 5.41. The van der Waals surface area contributed by atoms with Crippen LogP contribution in [0.3, 0.4) is 0 Å². The Hall–Kier alpha value is -1.61. The van der Waals surface area contributed by atoms with Gasteiger partial charge in [0.2, 0.25) is 0 Å². The third kappa shape index (κ3) is 4.13. The quantitative estimate of drug-likeness (QED) is 0.534. The lowest BCUT2D eigenvalue weighted by Gasteiger charge is -2.23. The molecule has 4 rings (SSSR count). The van der Waals surface area contributed by atoms with Crippen LogP contribution < -0.4 is 4.90 Å². The Morgan fingerprint density at radius 3 is 2.44 bits per heavy atom. The first-order valence-electron chi connectivity index (χ1n) is 9.17. The topological polar surface area (TPSA) is 65.2 Å². The zero-order chi connectivity index (χ0) is 19.0. The monoisotopic (exact) mass is 402 g/mol. The summed E-state index contributed by atoms with van der Waals surface area (Å²) >= 11 is 3.30. The number of thiophene rings is 1. The van der Waals surface area contributed by atoms with Gasteiger partial charge in [-0.3, -0.25) is 0 Å². The van der Waals surface area contributed by atoms with Gasteiger partial charge in [0.15, 0.2) is 11.0 Å². The maximum Gasteiger partial charge on any atom is 0.194 e. The van der Waals surface area contributed by atoms with E-state index in [1.165, 1.54) is 15.3 Å². The molecule has 0 radical (unpaired) electrons. The number of quaternary nitrogens is 1. The Morgan fingerprint density at radius 2 is 1.74 bits per heavy atom. The molecule has 0 unspecified atom stereocenters. The first-order valence-corrected chi connectivity index (χ1v) is 10.8. The van der Waals surface area contributed by atoms with Gasteiger partial charge in [-0.1, -0.05) is 0 Å². The number of aromatic nitrogens is 4. The van der Waals surface area contributed by atoms with Crippen molar-refractivity contribution < 1.29 is 9.64 Å². The van der Waals surface area contributed by atoms with Crippen molar-refractivity contribution in [3.05, 3.63) is 33.7 Å². The number of ether oxygens (including phenoxy) is 1. The fourth-order valence-corrected chi connectivity index (χ4v) is 5.46. The minimum Gasteiger partial charge on any atom is -0.370 e. The highest BCUT2D eigenvalue weighted by Crippen LogP contribution is 2.37. The van der Waals surface area contributed by atoms with E-state index >= 15 is 0 Å². The molecule has 1 aliphatic heterocycles. The van der Waals surface area contributed by atoms with E-state index in [-0.39, 0.29) is 0 Å².